The molecule has 1 aromatic carbocycles. The first-order valence-corrected chi connectivity index (χ1v) is 8.47. The van der Waals surface area contributed by atoms with Gasteiger partial charge in [-0.05, 0) is 30.9 Å². The summed E-state index contributed by atoms with van der Waals surface area (Å²) >= 11 is 7.68. The molecule has 1 aliphatic heterocycles. The molecule has 0 aliphatic carbocycles. The molecular formula is C15H20ClNO2S. The number of likely N-dealkylation sites (tertiary alicyclic amines) is 1. The molecule has 1 unspecified atom stereocenters. The number of nitrogens with zero attached hydrogens (tertiary/aromatic N) is 1. The SMILES string of the molecule is O=C(CSCc1ccccc1Cl)N1CCCC(O)CC1. The van der Waals surface area contributed by atoms with Gasteiger partial charge in [0.1, 0.15) is 0 Å². The first-order chi connectivity index (χ1) is 9.66. The Morgan fingerprint density at radius 3 is 2.95 bits per heavy atom. The van der Waals surface area contributed by atoms with E-state index in [0.717, 1.165) is 35.7 Å². The van der Waals surface area contributed by atoms with Gasteiger partial charge in [-0.3, -0.25) is 4.79 Å². The van der Waals surface area contributed by atoms with Crippen molar-refractivity contribution in [1.82, 2.24) is 4.90 Å². The van der Waals surface area contributed by atoms with Crippen LogP contribution in [0.15, 0.2) is 24.3 Å². The summed E-state index contributed by atoms with van der Waals surface area (Å²) in [6, 6.07) is 7.72. The highest BCUT2D eigenvalue weighted by molar-refractivity contribution is 7.99. The molecule has 2 rings (SSSR count). The molecule has 1 aromatic rings. The van der Waals surface area contributed by atoms with Gasteiger partial charge in [-0.25, -0.2) is 0 Å². The number of halogens is 1. The van der Waals surface area contributed by atoms with E-state index in [1.165, 1.54) is 0 Å². The van der Waals surface area contributed by atoms with Crippen LogP contribution < -0.4 is 0 Å². The van der Waals surface area contributed by atoms with Crippen LogP contribution in [0.1, 0.15) is 24.8 Å². The molecule has 0 spiro atoms. The third kappa shape index (κ3) is 4.69. The number of carbonyl (C=O) groups is 1. The lowest BCUT2D eigenvalue weighted by molar-refractivity contribution is -0.128. The number of hydrogen-bond acceptors (Lipinski definition) is 3. The molecule has 5 heteroatoms. The Balaban J connectivity index is 1.76. The predicted octanol–water partition coefficient (Wildman–Crippen LogP) is 2.95. The molecule has 1 atom stereocenters. The average molecular weight is 314 g/mol. The van der Waals surface area contributed by atoms with Crippen molar-refractivity contribution in [2.45, 2.75) is 31.1 Å². The number of thioether (sulfide) groups is 1. The standard InChI is InChI=1S/C15H20ClNO2S/c16-14-6-2-1-4-12(14)10-20-11-15(19)17-8-3-5-13(18)7-9-17/h1-2,4,6,13,18H,3,5,7-11H2. The summed E-state index contributed by atoms with van der Waals surface area (Å²) in [5.74, 6) is 1.39. The second kappa shape index (κ2) is 7.91. The van der Waals surface area contributed by atoms with Crippen molar-refractivity contribution < 1.29 is 9.90 Å². The quantitative estimate of drug-likeness (QED) is 0.929. The second-order valence-corrected chi connectivity index (χ2v) is 6.44. The van der Waals surface area contributed by atoms with Crippen LogP contribution in [-0.2, 0) is 10.5 Å². The van der Waals surface area contributed by atoms with Gasteiger partial charge in [0.05, 0.1) is 11.9 Å². The molecule has 0 radical (unpaired) electrons. The predicted molar refractivity (Wildman–Crippen MR) is 84.1 cm³/mol. The lowest BCUT2D eigenvalue weighted by Crippen LogP contribution is -2.33. The van der Waals surface area contributed by atoms with Crippen molar-refractivity contribution in [3.63, 3.8) is 0 Å². The number of aliphatic hydroxyl groups is 1. The van der Waals surface area contributed by atoms with Crippen molar-refractivity contribution in [2.24, 2.45) is 0 Å². The number of benzene rings is 1. The maximum absolute atomic E-state index is 12.1. The molecule has 1 heterocycles. The maximum Gasteiger partial charge on any atom is 0.232 e. The Hall–Kier alpha value is -0.710. The van der Waals surface area contributed by atoms with Gasteiger partial charge in [-0.2, -0.15) is 0 Å². The summed E-state index contributed by atoms with van der Waals surface area (Å²) in [6.07, 6.45) is 2.14. The Labute approximate surface area is 129 Å². The molecule has 110 valence electrons. The highest BCUT2D eigenvalue weighted by Crippen LogP contribution is 2.21. The molecule has 0 bridgehead atoms. The smallest absolute Gasteiger partial charge is 0.232 e. The Morgan fingerprint density at radius 1 is 1.35 bits per heavy atom. The van der Waals surface area contributed by atoms with Gasteiger partial charge >= 0.3 is 0 Å². The van der Waals surface area contributed by atoms with E-state index in [1.807, 2.05) is 29.2 Å². The molecule has 3 nitrogen and oxygen atoms in total. The first kappa shape index (κ1) is 15.7. The van der Waals surface area contributed by atoms with Crippen LogP contribution in [0.5, 0.6) is 0 Å². The van der Waals surface area contributed by atoms with Gasteiger partial charge in [0.25, 0.3) is 0 Å². The third-order valence-electron chi connectivity index (χ3n) is 3.49. The fourth-order valence-electron chi connectivity index (χ4n) is 2.28. The summed E-state index contributed by atoms with van der Waals surface area (Å²) in [5, 5.41) is 10.3. The van der Waals surface area contributed by atoms with E-state index >= 15 is 0 Å². The lowest BCUT2D eigenvalue weighted by Gasteiger charge is -2.20. The van der Waals surface area contributed by atoms with Gasteiger partial charge in [0.15, 0.2) is 0 Å². The van der Waals surface area contributed by atoms with Crippen molar-refractivity contribution in [3.8, 4) is 0 Å². The Bertz CT molecular complexity index is 455. The lowest BCUT2D eigenvalue weighted by atomic mass is 10.2. The summed E-state index contributed by atoms with van der Waals surface area (Å²) in [5.41, 5.74) is 1.07. The van der Waals surface area contributed by atoms with E-state index in [-0.39, 0.29) is 12.0 Å². The normalized spacial score (nSPS) is 19.7. The summed E-state index contributed by atoms with van der Waals surface area (Å²) in [6.45, 7) is 1.44. The monoisotopic (exact) mass is 313 g/mol. The molecule has 1 saturated heterocycles. The van der Waals surface area contributed by atoms with Crippen molar-refractivity contribution >= 4 is 29.3 Å². The van der Waals surface area contributed by atoms with E-state index < -0.39 is 0 Å². The number of rotatable bonds is 4. The number of amides is 1. The summed E-state index contributed by atoms with van der Waals surface area (Å²) in [4.78, 5) is 14.0. The third-order valence-corrected chi connectivity index (χ3v) is 4.83. The van der Waals surface area contributed by atoms with E-state index in [4.69, 9.17) is 11.6 Å². The van der Waals surface area contributed by atoms with Crippen molar-refractivity contribution in [2.75, 3.05) is 18.8 Å². The van der Waals surface area contributed by atoms with Crippen molar-refractivity contribution in [3.05, 3.63) is 34.9 Å². The van der Waals surface area contributed by atoms with Gasteiger partial charge < -0.3 is 10.0 Å². The first-order valence-electron chi connectivity index (χ1n) is 6.94. The Morgan fingerprint density at radius 2 is 2.15 bits per heavy atom. The van der Waals surface area contributed by atoms with Gasteiger partial charge in [0.2, 0.25) is 5.91 Å². The molecule has 0 aromatic heterocycles. The van der Waals surface area contributed by atoms with Crippen LogP contribution in [0.3, 0.4) is 0 Å². The molecule has 0 saturated carbocycles. The van der Waals surface area contributed by atoms with Crippen LogP contribution in [0, 0.1) is 0 Å². The number of hydrogen-bond donors (Lipinski definition) is 1. The number of carbonyl (C=O) groups excluding carboxylic acids is 1. The number of aliphatic hydroxyl groups excluding tert-OH is 1. The zero-order chi connectivity index (χ0) is 14.4. The zero-order valence-electron chi connectivity index (χ0n) is 11.4. The minimum Gasteiger partial charge on any atom is -0.393 e. The van der Waals surface area contributed by atoms with Gasteiger partial charge in [0, 0.05) is 23.9 Å². The minimum absolute atomic E-state index is 0.163. The second-order valence-electron chi connectivity index (χ2n) is 5.05. The van der Waals surface area contributed by atoms with Crippen LogP contribution in [0.25, 0.3) is 0 Å². The highest BCUT2D eigenvalue weighted by Gasteiger charge is 2.19. The van der Waals surface area contributed by atoms with Crippen LogP contribution in [0.4, 0.5) is 0 Å². The van der Waals surface area contributed by atoms with Crippen LogP contribution in [0.2, 0.25) is 5.02 Å². The topological polar surface area (TPSA) is 40.5 Å². The van der Waals surface area contributed by atoms with E-state index in [2.05, 4.69) is 0 Å². The molecule has 1 fully saturated rings. The largest absolute Gasteiger partial charge is 0.393 e. The molecule has 1 amide bonds. The van der Waals surface area contributed by atoms with Crippen molar-refractivity contribution in [1.29, 1.82) is 0 Å². The molecule has 1 N–H and O–H groups in total. The minimum atomic E-state index is -0.247. The van der Waals surface area contributed by atoms with E-state index in [0.29, 0.717) is 18.7 Å². The zero-order valence-corrected chi connectivity index (χ0v) is 13.0. The summed E-state index contributed by atoms with van der Waals surface area (Å²) < 4.78 is 0. The maximum atomic E-state index is 12.1. The fourth-order valence-corrected chi connectivity index (χ4v) is 3.50. The highest BCUT2D eigenvalue weighted by atomic mass is 35.5. The summed E-state index contributed by atoms with van der Waals surface area (Å²) in [7, 11) is 0. The van der Waals surface area contributed by atoms with E-state index in [9.17, 15) is 9.90 Å². The van der Waals surface area contributed by atoms with Gasteiger partial charge in [-0.1, -0.05) is 29.8 Å². The van der Waals surface area contributed by atoms with Gasteiger partial charge in [-0.15, -0.1) is 11.8 Å². The Kier molecular flexibility index (Phi) is 6.20. The molecule has 20 heavy (non-hydrogen) atoms. The van der Waals surface area contributed by atoms with E-state index in [1.54, 1.807) is 11.8 Å². The fraction of sp³-hybridized carbons (Fsp3) is 0.533. The van der Waals surface area contributed by atoms with Crippen LogP contribution >= 0.6 is 23.4 Å². The molecule has 1 aliphatic rings. The van der Waals surface area contributed by atoms with Crippen LogP contribution in [-0.4, -0.2) is 40.9 Å². The molecular weight excluding hydrogens is 294 g/mol. The average Bonchev–Trinajstić information content (AvgIpc) is 2.66.